The third kappa shape index (κ3) is 4.73. The largest absolute Gasteiger partial charge is 0.497 e. The van der Waals surface area contributed by atoms with Gasteiger partial charge in [-0.05, 0) is 48.9 Å². The second-order valence-corrected chi connectivity index (χ2v) is 6.94. The van der Waals surface area contributed by atoms with E-state index in [1.807, 2.05) is 18.2 Å². The van der Waals surface area contributed by atoms with Crippen molar-refractivity contribution in [3.8, 4) is 11.5 Å². The molecule has 5 nitrogen and oxygen atoms in total. The summed E-state index contributed by atoms with van der Waals surface area (Å²) in [5, 5.41) is 6.91. The van der Waals surface area contributed by atoms with E-state index in [1.165, 1.54) is 12.0 Å². The van der Waals surface area contributed by atoms with Crippen LogP contribution in [0.15, 0.2) is 53.5 Å². The molecule has 1 aliphatic carbocycles. The van der Waals surface area contributed by atoms with Gasteiger partial charge in [0.05, 0.1) is 20.3 Å². The highest BCUT2D eigenvalue weighted by Crippen LogP contribution is 2.46. The number of nitrogens with one attached hydrogen (secondary N) is 2. The molecule has 0 aliphatic heterocycles. The summed E-state index contributed by atoms with van der Waals surface area (Å²) in [6.07, 6.45) is 1.23. The fourth-order valence-electron chi connectivity index (χ4n) is 3.46. The van der Waals surface area contributed by atoms with Crippen molar-refractivity contribution >= 4 is 5.96 Å². The van der Waals surface area contributed by atoms with Crippen molar-refractivity contribution in [3.63, 3.8) is 0 Å². The fourth-order valence-corrected chi connectivity index (χ4v) is 3.46. The molecule has 1 saturated carbocycles. The number of hydrogen-bond donors (Lipinski definition) is 2. The highest BCUT2D eigenvalue weighted by atomic mass is 16.5. The molecule has 3 atom stereocenters. The Morgan fingerprint density at radius 3 is 2.59 bits per heavy atom. The molecule has 2 aromatic rings. The SMILES string of the molecule is CN=C(NCC1CC1c1ccccc1)NC(C)c1cc(OC)ccc1OC. The number of nitrogens with zero attached hydrogens (tertiary/aromatic N) is 1. The van der Waals surface area contributed by atoms with Crippen LogP contribution in [0.25, 0.3) is 0 Å². The molecule has 0 spiro atoms. The minimum Gasteiger partial charge on any atom is -0.497 e. The van der Waals surface area contributed by atoms with Gasteiger partial charge in [-0.2, -0.15) is 0 Å². The smallest absolute Gasteiger partial charge is 0.191 e. The molecule has 0 heterocycles. The number of ether oxygens (including phenoxy) is 2. The van der Waals surface area contributed by atoms with Crippen LogP contribution >= 0.6 is 0 Å². The zero-order chi connectivity index (χ0) is 19.2. The van der Waals surface area contributed by atoms with Crippen LogP contribution in [-0.2, 0) is 0 Å². The molecular weight excluding hydrogens is 338 g/mol. The van der Waals surface area contributed by atoms with Gasteiger partial charge in [-0.3, -0.25) is 4.99 Å². The molecule has 5 heteroatoms. The van der Waals surface area contributed by atoms with E-state index >= 15 is 0 Å². The van der Waals surface area contributed by atoms with Crippen molar-refractivity contribution in [2.75, 3.05) is 27.8 Å². The van der Waals surface area contributed by atoms with E-state index in [4.69, 9.17) is 9.47 Å². The first-order valence-corrected chi connectivity index (χ1v) is 9.40. The van der Waals surface area contributed by atoms with Gasteiger partial charge >= 0.3 is 0 Å². The maximum absolute atomic E-state index is 5.50. The van der Waals surface area contributed by atoms with Gasteiger partial charge in [-0.1, -0.05) is 30.3 Å². The van der Waals surface area contributed by atoms with Gasteiger partial charge in [0.25, 0.3) is 0 Å². The predicted octanol–water partition coefficient (Wildman–Crippen LogP) is 3.73. The third-order valence-corrected chi connectivity index (χ3v) is 5.16. The van der Waals surface area contributed by atoms with Crippen LogP contribution in [0.1, 0.15) is 36.4 Å². The van der Waals surface area contributed by atoms with Crippen molar-refractivity contribution < 1.29 is 9.47 Å². The average molecular weight is 367 g/mol. The Morgan fingerprint density at radius 1 is 1.15 bits per heavy atom. The number of rotatable bonds is 7. The molecule has 3 unspecified atom stereocenters. The Bertz CT molecular complexity index is 776. The van der Waals surface area contributed by atoms with E-state index in [0.29, 0.717) is 11.8 Å². The lowest BCUT2D eigenvalue weighted by Crippen LogP contribution is -2.39. The van der Waals surface area contributed by atoms with Gasteiger partial charge in [0.15, 0.2) is 5.96 Å². The molecule has 0 amide bonds. The number of guanidine groups is 1. The first-order chi connectivity index (χ1) is 13.2. The van der Waals surface area contributed by atoms with Gasteiger partial charge in [0, 0.05) is 19.2 Å². The maximum Gasteiger partial charge on any atom is 0.191 e. The highest BCUT2D eigenvalue weighted by Gasteiger charge is 2.37. The van der Waals surface area contributed by atoms with Crippen LogP contribution in [0.5, 0.6) is 11.5 Å². The van der Waals surface area contributed by atoms with Crippen molar-refractivity contribution in [1.82, 2.24) is 10.6 Å². The molecule has 27 heavy (non-hydrogen) atoms. The first-order valence-electron chi connectivity index (χ1n) is 9.40. The topological polar surface area (TPSA) is 54.9 Å². The molecule has 0 aromatic heterocycles. The van der Waals surface area contributed by atoms with E-state index in [2.05, 4.69) is 52.9 Å². The molecule has 0 radical (unpaired) electrons. The van der Waals surface area contributed by atoms with Gasteiger partial charge < -0.3 is 20.1 Å². The summed E-state index contributed by atoms with van der Waals surface area (Å²) in [6.45, 7) is 3.01. The lowest BCUT2D eigenvalue weighted by atomic mass is 10.1. The van der Waals surface area contributed by atoms with E-state index in [9.17, 15) is 0 Å². The quantitative estimate of drug-likeness (QED) is 0.578. The standard InChI is InChI=1S/C22H29N3O2/c1-15(19-13-18(26-3)10-11-21(19)27-4)25-22(23-2)24-14-17-12-20(17)16-8-6-5-7-9-16/h5-11,13,15,17,20H,12,14H2,1-4H3,(H2,23,24,25). The van der Waals surface area contributed by atoms with Crippen molar-refractivity contribution in [2.24, 2.45) is 10.9 Å². The number of aliphatic imine (C=N–C) groups is 1. The van der Waals surface area contributed by atoms with Gasteiger partial charge in [-0.15, -0.1) is 0 Å². The normalized spacial score (nSPS) is 19.9. The van der Waals surface area contributed by atoms with Crippen LogP contribution in [0.3, 0.4) is 0 Å². The predicted molar refractivity (Wildman–Crippen MR) is 110 cm³/mol. The average Bonchev–Trinajstić information content (AvgIpc) is 3.50. The summed E-state index contributed by atoms with van der Waals surface area (Å²) in [5.74, 6) is 3.76. The minimum atomic E-state index is 0.0328. The fraction of sp³-hybridized carbons (Fsp3) is 0.409. The second-order valence-electron chi connectivity index (χ2n) is 6.94. The van der Waals surface area contributed by atoms with Crippen LogP contribution in [0.2, 0.25) is 0 Å². The molecule has 2 N–H and O–H groups in total. The molecule has 144 valence electrons. The van der Waals surface area contributed by atoms with Gasteiger partial charge in [-0.25, -0.2) is 0 Å². The number of hydrogen-bond acceptors (Lipinski definition) is 3. The van der Waals surface area contributed by atoms with Crippen LogP contribution in [0.4, 0.5) is 0 Å². The Balaban J connectivity index is 1.56. The lowest BCUT2D eigenvalue weighted by molar-refractivity contribution is 0.394. The van der Waals surface area contributed by atoms with Gasteiger partial charge in [0.1, 0.15) is 11.5 Å². The Morgan fingerprint density at radius 2 is 1.93 bits per heavy atom. The van der Waals surface area contributed by atoms with Crippen LogP contribution in [-0.4, -0.2) is 33.8 Å². The summed E-state index contributed by atoms with van der Waals surface area (Å²) < 4.78 is 10.8. The first kappa shape index (κ1) is 19.1. The molecule has 0 bridgehead atoms. The monoisotopic (exact) mass is 367 g/mol. The summed E-state index contributed by atoms with van der Waals surface area (Å²) in [4.78, 5) is 4.37. The summed E-state index contributed by atoms with van der Waals surface area (Å²) >= 11 is 0. The Kier molecular flexibility index (Phi) is 6.22. The minimum absolute atomic E-state index is 0.0328. The van der Waals surface area contributed by atoms with Crippen molar-refractivity contribution in [1.29, 1.82) is 0 Å². The zero-order valence-corrected chi connectivity index (χ0v) is 16.5. The van der Waals surface area contributed by atoms with Crippen molar-refractivity contribution in [3.05, 3.63) is 59.7 Å². The second kappa shape index (κ2) is 8.80. The summed E-state index contributed by atoms with van der Waals surface area (Å²) in [6, 6.07) is 16.6. The molecule has 2 aromatic carbocycles. The maximum atomic E-state index is 5.50. The highest BCUT2D eigenvalue weighted by molar-refractivity contribution is 5.80. The van der Waals surface area contributed by atoms with Crippen LogP contribution < -0.4 is 20.1 Å². The van der Waals surface area contributed by atoms with E-state index in [-0.39, 0.29) is 6.04 Å². The van der Waals surface area contributed by atoms with Gasteiger partial charge in [0.2, 0.25) is 0 Å². The van der Waals surface area contributed by atoms with E-state index < -0.39 is 0 Å². The molecule has 3 rings (SSSR count). The van der Waals surface area contributed by atoms with E-state index in [0.717, 1.165) is 29.6 Å². The third-order valence-electron chi connectivity index (χ3n) is 5.16. The Hall–Kier alpha value is -2.69. The molecule has 1 aliphatic rings. The molecule has 0 saturated heterocycles. The van der Waals surface area contributed by atoms with Crippen molar-refractivity contribution in [2.45, 2.75) is 25.3 Å². The van der Waals surface area contributed by atoms with Crippen LogP contribution in [0, 0.1) is 5.92 Å². The zero-order valence-electron chi connectivity index (χ0n) is 16.5. The number of methoxy groups -OCH3 is 2. The Labute approximate surface area is 161 Å². The summed E-state index contributed by atoms with van der Waals surface area (Å²) in [5.41, 5.74) is 2.47. The lowest BCUT2D eigenvalue weighted by Gasteiger charge is -2.21. The molecule has 1 fully saturated rings. The van der Waals surface area contributed by atoms with E-state index in [1.54, 1.807) is 21.3 Å². The summed E-state index contributed by atoms with van der Waals surface area (Å²) in [7, 11) is 5.15. The number of benzene rings is 2. The molecular formula is C22H29N3O2.